The van der Waals surface area contributed by atoms with Gasteiger partial charge in [0.2, 0.25) is 0 Å². The van der Waals surface area contributed by atoms with E-state index in [2.05, 4.69) is 5.10 Å². The van der Waals surface area contributed by atoms with Crippen molar-refractivity contribution in [3.8, 4) is 5.75 Å². The van der Waals surface area contributed by atoms with Crippen LogP contribution in [0.25, 0.3) is 0 Å². The van der Waals surface area contributed by atoms with Crippen molar-refractivity contribution in [3.63, 3.8) is 0 Å². The molecule has 68 valence electrons. The molecule has 0 saturated carbocycles. The molecule has 4 nitrogen and oxygen atoms in total. The molecular formula is C8H14N2O2. The largest absolute Gasteiger partial charge is 0.488 e. The lowest BCUT2D eigenvalue weighted by molar-refractivity contribution is 0.0716. The standard InChI is InChI=1S/C8H14N2O2/c1-7(11-3)6-12-8-4-9-10(2)5-8/h4-5,7H,6H2,1-3H3. The SMILES string of the molecule is COC(C)COc1cnn(C)c1. The summed E-state index contributed by atoms with van der Waals surface area (Å²) in [6, 6.07) is 0. The molecule has 0 aliphatic carbocycles. The Kier molecular flexibility index (Phi) is 3.10. The van der Waals surface area contributed by atoms with Crippen molar-refractivity contribution in [3.05, 3.63) is 12.4 Å². The van der Waals surface area contributed by atoms with Crippen LogP contribution in [0.5, 0.6) is 5.75 Å². The Morgan fingerprint density at radius 1 is 1.67 bits per heavy atom. The van der Waals surface area contributed by atoms with Crippen LogP contribution >= 0.6 is 0 Å². The fourth-order valence-electron chi connectivity index (χ4n) is 0.755. The van der Waals surface area contributed by atoms with Crippen molar-refractivity contribution in [2.45, 2.75) is 13.0 Å². The maximum Gasteiger partial charge on any atom is 0.157 e. The van der Waals surface area contributed by atoms with Crippen LogP contribution in [0, 0.1) is 0 Å². The van der Waals surface area contributed by atoms with Crippen LogP contribution in [0.3, 0.4) is 0 Å². The van der Waals surface area contributed by atoms with E-state index in [1.165, 1.54) is 0 Å². The van der Waals surface area contributed by atoms with Crippen molar-refractivity contribution in [2.75, 3.05) is 13.7 Å². The number of ether oxygens (including phenoxy) is 2. The maximum absolute atomic E-state index is 5.37. The summed E-state index contributed by atoms with van der Waals surface area (Å²) in [5.74, 6) is 0.779. The normalized spacial score (nSPS) is 12.9. The van der Waals surface area contributed by atoms with Gasteiger partial charge >= 0.3 is 0 Å². The highest BCUT2D eigenvalue weighted by Crippen LogP contribution is 2.07. The number of hydrogen-bond acceptors (Lipinski definition) is 3. The summed E-state index contributed by atoms with van der Waals surface area (Å²) in [6.07, 6.45) is 3.62. The van der Waals surface area contributed by atoms with Gasteiger partial charge in [-0.3, -0.25) is 4.68 Å². The number of hydrogen-bond donors (Lipinski definition) is 0. The Morgan fingerprint density at radius 3 is 2.92 bits per heavy atom. The summed E-state index contributed by atoms with van der Waals surface area (Å²) in [5, 5.41) is 3.97. The molecule has 0 fully saturated rings. The van der Waals surface area contributed by atoms with Crippen LogP contribution in [0.2, 0.25) is 0 Å². The number of rotatable bonds is 4. The average molecular weight is 170 g/mol. The topological polar surface area (TPSA) is 36.3 Å². The van der Waals surface area contributed by atoms with Gasteiger partial charge in [0.25, 0.3) is 0 Å². The highest BCUT2D eigenvalue weighted by atomic mass is 16.5. The molecule has 0 aliphatic rings. The van der Waals surface area contributed by atoms with E-state index >= 15 is 0 Å². The van der Waals surface area contributed by atoms with Crippen LogP contribution in [-0.2, 0) is 11.8 Å². The molecule has 1 atom stereocenters. The lowest BCUT2D eigenvalue weighted by Crippen LogP contribution is -2.15. The predicted molar refractivity (Wildman–Crippen MR) is 45.2 cm³/mol. The molecule has 0 aliphatic heterocycles. The van der Waals surface area contributed by atoms with Crippen LogP contribution in [0.15, 0.2) is 12.4 Å². The molecule has 0 N–H and O–H groups in total. The summed E-state index contributed by atoms with van der Waals surface area (Å²) >= 11 is 0. The fraction of sp³-hybridized carbons (Fsp3) is 0.625. The molecule has 0 aromatic carbocycles. The van der Waals surface area contributed by atoms with Gasteiger partial charge in [-0.1, -0.05) is 0 Å². The van der Waals surface area contributed by atoms with Crippen LogP contribution < -0.4 is 4.74 Å². The van der Waals surface area contributed by atoms with Crippen LogP contribution in [0.4, 0.5) is 0 Å². The first-order valence-corrected chi connectivity index (χ1v) is 3.86. The Bertz CT molecular complexity index is 235. The predicted octanol–water partition coefficient (Wildman–Crippen LogP) is 0.834. The zero-order chi connectivity index (χ0) is 8.97. The molecule has 12 heavy (non-hydrogen) atoms. The Labute approximate surface area is 72.1 Å². The summed E-state index contributed by atoms with van der Waals surface area (Å²) in [7, 11) is 3.52. The lowest BCUT2D eigenvalue weighted by Gasteiger charge is -2.08. The molecule has 0 spiro atoms. The Balaban J connectivity index is 2.33. The van der Waals surface area contributed by atoms with E-state index in [1.54, 1.807) is 18.0 Å². The van der Waals surface area contributed by atoms with Crippen LogP contribution in [0.1, 0.15) is 6.92 Å². The molecule has 0 amide bonds. The smallest absolute Gasteiger partial charge is 0.157 e. The average Bonchev–Trinajstić information content (AvgIpc) is 2.47. The number of nitrogens with zero attached hydrogens (tertiary/aromatic N) is 2. The molecule has 1 aromatic heterocycles. The van der Waals surface area contributed by atoms with Crippen LogP contribution in [-0.4, -0.2) is 29.6 Å². The third kappa shape index (κ3) is 2.54. The quantitative estimate of drug-likeness (QED) is 0.671. The summed E-state index contributed by atoms with van der Waals surface area (Å²) in [4.78, 5) is 0. The van der Waals surface area contributed by atoms with Gasteiger partial charge in [0.15, 0.2) is 5.75 Å². The van der Waals surface area contributed by atoms with Crippen molar-refractivity contribution >= 4 is 0 Å². The zero-order valence-electron chi connectivity index (χ0n) is 7.65. The number of aromatic nitrogens is 2. The summed E-state index contributed by atoms with van der Waals surface area (Å²) in [6.45, 7) is 2.51. The highest BCUT2D eigenvalue weighted by Gasteiger charge is 2.01. The molecule has 0 saturated heterocycles. The van der Waals surface area contributed by atoms with Gasteiger partial charge in [-0.2, -0.15) is 5.10 Å². The minimum atomic E-state index is 0.116. The first kappa shape index (κ1) is 9.06. The summed E-state index contributed by atoms with van der Waals surface area (Å²) < 4.78 is 12.1. The van der Waals surface area contributed by atoms with Gasteiger partial charge in [-0.05, 0) is 6.92 Å². The van der Waals surface area contributed by atoms with Gasteiger partial charge < -0.3 is 9.47 Å². The lowest BCUT2D eigenvalue weighted by atomic mass is 10.4. The second-order valence-electron chi connectivity index (χ2n) is 2.71. The molecule has 1 heterocycles. The number of aryl methyl sites for hydroxylation is 1. The van der Waals surface area contributed by atoms with E-state index < -0.39 is 0 Å². The van der Waals surface area contributed by atoms with E-state index in [9.17, 15) is 0 Å². The second-order valence-corrected chi connectivity index (χ2v) is 2.71. The van der Waals surface area contributed by atoms with Crippen molar-refractivity contribution in [1.82, 2.24) is 9.78 Å². The molecule has 4 heteroatoms. The van der Waals surface area contributed by atoms with Crippen molar-refractivity contribution in [2.24, 2.45) is 7.05 Å². The Hall–Kier alpha value is -1.03. The highest BCUT2D eigenvalue weighted by molar-refractivity contribution is 5.11. The molecule has 1 unspecified atom stereocenters. The van der Waals surface area contributed by atoms with Crippen molar-refractivity contribution < 1.29 is 9.47 Å². The van der Waals surface area contributed by atoms with Gasteiger partial charge in [-0.15, -0.1) is 0 Å². The first-order valence-electron chi connectivity index (χ1n) is 3.86. The van der Waals surface area contributed by atoms with E-state index in [-0.39, 0.29) is 6.10 Å². The maximum atomic E-state index is 5.37. The van der Waals surface area contributed by atoms with Gasteiger partial charge in [-0.25, -0.2) is 0 Å². The van der Waals surface area contributed by atoms with Gasteiger partial charge in [0.1, 0.15) is 6.61 Å². The molecule has 0 radical (unpaired) electrons. The Morgan fingerprint density at radius 2 is 2.42 bits per heavy atom. The van der Waals surface area contributed by atoms with Crippen molar-refractivity contribution in [1.29, 1.82) is 0 Å². The number of methoxy groups -OCH3 is 1. The fourth-order valence-corrected chi connectivity index (χ4v) is 0.755. The van der Waals surface area contributed by atoms with Gasteiger partial charge in [0, 0.05) is 14.2 Å². The van der Waals surface area contributed by atoms with E-state index in [1.807, 2.05) is 20.2 Å². The second kappa shape index (κ2) is 4.11. The minimum Gasteiger partial charge on any atom is -0.488 e. The van der Waals surface area contributed by atoms with Gasteiger partial charge in [0.05, 0.1) is 18.5 Å². The van der Waals surface area contributed by atoms with E-state index in [0.717, 1.165) is 5.75 Å². The van der Waals surface area contributed by atoms with E-state index in [4.69, 9.17) is 9.47 Å². The van der Waals surface area contributed by atoms with E-state index in [0.29, 0.717) is 6.61 Å². The monoisotopic (exact) mass is 170 g/mol. The zero-order valence-corrected chi connectivity index (χ0v) is 7.65. The summed E-state index contributed by atoms with van der Waals surface area (Å²) in [5.41, 5.74) is 0. The molecule has 1 aromatic rings. The third-order valence-corrected chi connectivity index (χ3v) is 1.57. The molecular weight excluding hydrogens is 156 g/mol. The minimum absolute atomic E-state index is 0.116. The third-order valence-electron chi connectivity index (χ3n) is 1.57. The first-order chi connectivity index (χ1) is 5.72. The molecule has 1 rings (SSSR count). The molecule has 0 bridgehead atoms.